The molecule has 1 aromatic rings. The second-order valence-electron chi connectivity index (χ2n) is 4.66. The monoisotopic (exact) mass is 284 g/mol. The Balaban J connectivity index is 2.32. The summed E-state index contributed by atoms with van der Waals surface area (Å²) in [6, 6.07) is 5.13. The van der Waals surface area contributed by atoms with Crippen molar-refractivity contribution in [2.24, 2.45) is 5.73 Å². The van der Waals surface area contributed by atoms with E-state index in [4.69, 9.17) is 10.5 Å². The van der Waals surface area contributed by atoms with Crippen molar-refractivity contribution in [3.8, 4) is 0 Å². The highest BCUT2D eigenvalue weighted by Crippen LogP contribution is 2.20. The van der Waals surface area contributed by atoms with Gasteiger partial charge >= 0.3 is 0 Å². The van der Waals surface area contributed by atoms with Gasteiger partial charge in [-0.1, -0.05) is 6.07 Å². The Morgan fingerprint density at radius 2 is 2.11 bits per heavy atom. The first-order valence-corrected chi connectivity index (χ1v) is 7.87. The lowest BCUT2D eigenvalue weighted by Crippen LogP contribution is -2.33. The molecular weight excluding hydrogens is 264 g/mol. The predicted octanol–water partition coefficient (Wildman–Crippen LogP) is 0.865. The van der Waals surface area contributed by atoms with E-state index in [1.54, 1.807) is 12.1 Å². The molecule has 1 heterocycles. The fourth-order valence-electron chi connectivity index (χ4n) is 2.14. The smallest absolute Gasteiger partial charge is 0.243 e. The molecule has 0 radical (unpaired) electrons. The third kappa shape index (κ3) is 3.14. The Kier molecular flexibility index (Phi) is 4.57. The Morgan fingerprint density at radius 3 is 2.84 bits per heavy atom. The lowest BCUT2D eigenvalue weighted by molar-refractivity contribution is 0.148. The molecule has 0 bridgehead atoms. The van der Waals surface area contributed by atoms with Crippen LogP contribution in [0.5, 0.6) is 0 Å². The number of nitrogens with zero attached hydrogens (tertiary/aromatic N) is 1. The third-order valence-electron chi connectivity index (χ3n) is 3.36. The standard InChI is InChI=1S/C13H20N2O3S/c1-11-3-4-13(9-12(11)10-14)19(16,17)15-5-2-7-18-8-6-15/h3-4,9H,2,5-8,10,14H2,1H3. The van der Waals surface area contributed by atoms with Crippen molar-refractivity contribution in [3.05, 3.63) is 29.3 Å². The first kappa shape index (κ1) is 14.5. The normalized spacial score (nSPS) is 18.2. The van der Waals surface area contributed by atoms with Gasteiger partial charge in [0.15, 0.2) is 0 Å². The predicted molar refractivity (Wildman–Crippen MR) is 73.3 cm³/mol. The van der Waals surface area contributed by atoms with Crippen LogP contribution in [0.15, 0.2) is 23.1 Å². The van der Waals surface area contributed by atoms with E-state index < -0.39 is 10.0 Å². The number of hydrogen-bond donors (Lipinski definition) is 1. The second-order valence-corrected chi connectivity index (χ2v) is 6.60. The highest BCUT2D eigenvalue weighted by atomic mass is 32.2. The molecule has 1 fully saturated rings. The van der Waals surface area contributed by atoms with Crippen LogP contribution in [0.3, 0.4) is 0 Å². The first-order valence-electron chi connectivity index (χ1n) is 6.43. The maximum Gasteiger partial charge on any atom is 0.243 e. The van der Waals surface area contributed by atoms with E-state index >= 15 is 0 Å². The maximum absolute atomic E-state index is 12.5. The van der Waals surface area contributed by atoms with E-state index in [1.807, 2.05) is 13.0 Å². The van der Waals surface area contributed by atoms with E-state index in [2.05, 4.69) is 0 Å². The molecule has 5 nitrogen and oxygen atoms in total. The molecule has 1 aromatic carbocycles. The van der Waals surface area contributed by atoms with Gasteiger partial charge in [-0.2, -0.15) is 4.31 Å². The van der Waals surface area contributed by atoms with Crippen molar-refractivity contribution >= 4 is 10.0 Å². The number of hydrogen-bond acceptors (Lipinski definition) is 4. The summed E-state index contributed by atoms with van der Waals surface area (Å²) in [5, 5.41) is 0. The summed E-state index contributed by atoms with van der Waals surface area (Å²) in [6.45, 7) is 4.27. The van der Waals surface area contributed by atoms with E-state index in [-0.39, 0.29) is 0 Å². The van der Waals surface area contributed by atoms with Crippen LogP contribution in [0, 0.1) is 6.92 Å². The molecule has 0 aliphatic carbocycles. The molecule has 2 N–H and O–H groups in total. The zero-order valence-electron chi connectivity index (χ0n) is 11.1. The summed E-state index contributed by atoms with van der Waals surface area (Å²) in [5.41, 5.74) is 7.52. The Hall–Kier alpha value is -0.950. The lowest BCUT2D eigenvalue weighted by Gasteiger charge is -2.20. The van der Waals surface area contributed by atoms with Crippen molar-refractivity contribution in [1.82, 2.24) is 4.31 Å². The first-order chi connectivity index (χ1) is 9.05. The summed E-state index contributed by atoms with van der Waals surface area (Å²) in [4.78, 5) is 0.320. The average molecular weight is 284 g/mol. The lowest BCUT2D eigenvalue weighted by atomic mass is 10.1. The number of aryl methyl sites for hydroxylation is 1. The molecule has 0 atom stereocenters. The molecular formula is C13H20N2O3S. The number of rotatable bonds is 3. The van der Waals surface area contributed by atoms with E-state index in [9.17, 15) is 8.42 Å². The minimum Gasteiger partial charge on any atom is -0.380 e. The fraction of sp³-hybridized carbons (Fsp3) is 0.538. The van der Waals surface area contributed by atoms with Gasteiger partial charge in [-0.15, -0.1) is 0 Å². The molecule has 106 valence electrons. The number of ether oxygens (including phenoxy) is 1. The van der Waals surface area contributed by atoms with Crippen LogP contribution in [0.1, 0.15) is 17.5 Å². The van der Waals surface area contributed by atoms with Crippen LogP contribution in [-0.4, -0.2) is 39.0 Å². The molecule has 0 spiro atoms. The third-order valence-corrected chi connectivity index (χ3v) is 5.25. The molecule has 6 heteroatoms. The average Bonchev–Trinajstić information content (AvgIpc) is 2.68. The molecule has 1 saturated heterocycles. The summed E-state index contributed by atoms with van der Waals surface area (Å²) in [7, 11) is -3.44. The maximum atomic E-state index is 12.5. The Labute approximate surface area is 114 Å². The number of benzene rings is 1. The van der Waals surface area contributed by atoms with Crippen molar-refractivity contribution in [3.63, 3.8) is 0 Å². The van der Waals surface area contributed by atoms with Gasteiger partial charge in [0.25, 0.3) is 0 Å². The molecule has 1 aliphatic heterocycles. The number of nitrogens with two attached hydrogens (primary N) is 1. The van der Waals surface area contributed by atoms with Crippen LogP contribution in [0.4, 0.5) is 0 Å². The molecule has 0 unspecified atom stereocenters. The zero-order valence-corrected chi connectivity index (χ0v) is 11.9. The highest BCUT2D eigenvalue weighted by Gasteiger charge is 2.25. The molecule has 0 aromatic heterocycles. The molecule has 2 rings (SSSR count). The van der Waals surface area contributed by atoms with Gasteiger partial charge in [0.1, 0.15) is 0 Å². The van der Waals surface area contributed by atoms with E-state index in [0.29, 0.717) is 37.7 Å². The SMILES string of the molecule is Cc1ccc(S(=O)(=O)N2CCCOCC2)cc1CN. The summed E-state index contributed by atoms with van der Waals surface area (Å²) < 4.78 is 31.9. The van der Waals surface area contributed by atoms with Crippen LogP contribution in [-0.2, 0) is 21.3 Å². The van der Waals surface area contributed by atoms with Crippen LogP contribution in [0.25, 0.3) is 0 Å². The quantitative estimate of drug-likeness (QED) is 0.893. The van der Waals surface area contributed by atoms with Crippen molar-refractivity contribution in [1.29, 1.82) is 0 Å². The van der Waals surface area contributed by atoms with Gasteiger partial charge < -0.3 is 10.5 Å². The van der Waals surface area contributed by atoms with Gasteiger partial charge in [0.05, 0.1) is 11.5 Å². The Bertz CT molecular complexity index is 535. The molecule has 1 aliphatic rings. The fourth-order valence-corrected chi connectivity index (χ4v) is 3.65. The van der Waals surface area contributed by atoms with E-state index in [0.717, 1.165) is 17.5 Å². The molecule has 0 amide bonds. The molecule has 19 heavy (non-hydrogen) atoms. The van der Waals surface area contributed by atoms with Gasteiger partial charge in [-0.3, -0.25) is 0 Å². The highest BCUT2D eigenvalue weighted by molar-refractivity contribution is 7.89. The van der Waals surface area contributed by atoms with Crippen LogP contribution in [0.2, 0.25) is 0 Å². The van der Waals surface area contributed by atoms with E-state index in [1.165, 1.54) is 4.31 Å². The van der Waals surface area contributed by atoms with Gasteiger partial charge in [0.2, 0.25) is 10.0 Å². The zero-order chi connectivity index (χ0) is 13.9. The second kappa shape index (κ2) is 6.00. The van der Waals surface area contributed by atoms with Crippen LogP contribution >= 0.6 is 0 Å². The summed E-state index contributed by atoms with van der Waals surface area (Å²) >= 11 is 0. The largest absolute Gasteiger partial charge is 0.380 e. The van der Waals surface area contributed by atoms with Gasteiger partial charge in [-0.25, -0.2) is 8.42 Å². The summed E-state index contributed by atoms with van der Waals surface area (Å²) in [6.07, 6.45) is 0.731. The van der Waals surface area contributed by atoms with Crippen LogP contribution < -0.4 is 5.73 Å². The van der Waals surface area contributed by atoms with Crippen molar-refractivity contribution in [2.45, 2.75) is 24.8 Å². The van der Waals surface area contributed by atoms with Gasteiger partial charge in [0, 0.05) is 26.2 Å². The minimum absolute atomic E-state index is 0.320. The number of sulfonamides is 1. The Morgan fingerprint density at radius 1 is 1.32 bits per heavy atom. The van der Waals surface area contributed by atoms with Crippen molar-refractivity contribution < 1.29 is 13.2 Å². The molecule has 0 saturated carbocycles. The van der Waals surface area contributed by atoms with Gasteiger partial charge in [-0.05, 0) is 36.6 Å². The minimum atomic E-state index is -3.44. The van der Waals surface area contributed by atoms with Crippen molar-refractivity contribution in [2.75, 3.05) is 26.3 Å². The summed E-state index contributed by atoms with van der Waals surface area (Å²) in [5.74, 6) is 0. The topological polar surface area (TPSA) is 72.6 Å².